The number of benzene rings is 1. The molecule has 1 saturated heterocycles. The van der Waals surface area contributed by atoms with Gasteiger partial charge in [-0.3, -0.25) is 14.7 Å². The van der Waals surface area contributed by atoms with E-state index in [0.717, 1.165) is 31.5 Å². The van der Waals surface area contributed by atoms with Crippen molar-refractivity contribution in [1.29, 1.82) is 0 Å². The van der Waals surface area contributed by atoms with E-state index < -0.39 is 0 Å². The van der Waals surface area contributed by atoms with Gasteiger partial charge in [0.15, 0.2) is 5.69 Å². The minimum absolute atomic E-state index is 0.0899. The smallest absolute Gasteiger partial charge is 0.276 e. The second-order valence-electron chi connectivity index (χ2n) is 6.73. The number of nitrogens with one attached hydrogen (secondary N) is 2. The maximum absolute atomic E-state index is 12.5. The third kappa shape index (κ3) is 3.66. The van der Waals surface area contributed by atoms with Gasteiger partial charge >= 0.3 is 0 Å². The van der Waals surface area contributed by atoms with Gasteiger partial charge in [-0.15, -0.1) is 0 Å². The highest BCUT2D eigenvalue weighted by atomic mass is 16.4. The van der Waals surface area contributed by atoms with E-state index in [9.17, 15) is 9.59 Å². The van der Waals surface area contributed by atoms with Gasteiger partial charge in [-0.1, -0.05) is 30.3 Å². The molecule has 1 aliphatic heterocycles. The molecule has 8 heteroatoms. The number of H-pyrrole nitrogens is 1. The maximum Gasteiger partial charge on any atom is 0.276 e. The van der Waals surface area contributed by atoms with Crippen LogP contribution in [-0.4, -0.2) is 45.0 Å². The van der Waals surface area contributed by atoms with Crippen molar-refractivity contribution >= 4 is 11.8 Å². The van der Waals surface area contributed by atoms with Crippen LogP contribution in [0.2, 0.25) is 0 Å². The molecule has 1 aromatic carbocycles. The Hall–Kier alpha value is -3.42. The first-order chi connectivity index (χ1) is 13.6. The summed E-state index contributed by atoms with van der Waals surface area (Å²) in [7, 11) is 0. The van der Waals surface area contributed by atoms with Crippen molar-refractivity contribution in [3.8, 4) is 11.3 Å². The number of hydrogen-bond donors (Lipinski definition) is 2. The minimum atomic E-state index is -0.321. The molecule has 2 N–H and O–H groups in total. The third-order valence-electron chi connectivity index (χ3n) is 4.73. The highest BCUT2D eigenvalue weighted by molar-refractivity contribution is 5.94. The number of aromatic nitrogens is 3. The highest BCUT2D eigenvalue weighted by Crippen LogP contribution is 2.18. The summed E-state index contributed by atoms with van der Waals surface area (Å²) >= 11 is 0. The Morgan fingerprint density at radius 2 is 1.96 bits per heavy atom. The first-order valence-corrected chi connectivity index (χ1v) is 9.26. The molecule has 0 radical (unpaired) electrons. The summed E-state index contributed by atoms with van der Waals surface area (Å²) in [6, 6.07) is 11.3. The lowest BCUT2D eigenvalue weighted by Gasteiger charge is -2.13. The molecule has 8 nitrogen and oxygen atoms in total. The molecular formula is C20H21N5O3. The van der Waals surface area contributed by atoms with Crippen molar-refractivity contribution < 1.29 is 14.0 Å². The summed E-state index contributed by atoms with van der Waals surface area (Å²) in [6.45, 7) is 3.30. The second kappa shape index (κ2) is 7.67. The second-order valence-corrected chi connectivity index (χ2v) is 6.73. The van der Waals surface area contributed by atoms with E-state index in [2.05, 4.69) is 20.5 Å². The van der Waals surface area contributed by atoms with Gasteiger partial charge in [-0.25, -0.2) is 4.98 Å². The average Bonchev–Trinajstić information content (AvgIpc) is 3.47. The number of likely N-dealkylation sites (tertiary alicyclic amines) is 1. The van der Waals surface area contributed by atoms with Gasteiger partial charge in [0.2, 0.25) is 5.89 Å². The van der Waals surface area contributed by atoms with Gasteiger partial charge in [0, 0.05) is 18.7 Å². The molecular weight excluding hydrogens is 358 g/mol. The van der Waals surface area contributed by atoms with E-state index in [1.807, 2.05) is 30.3 Å². The van der Waals surface area contributed by atoms with Crippen LogP contribution in [0.25, 0.3) is 11.3 Å². The highest BCUT2D eigenvalue weighted by Gasteiger charge is 2.25. The normalized spacial score (nSPS) is 13.7. The van der Waals surface area contributed by atoms with Gasteiger partial charge in [0.05, 0.1) is 12.2 Å². The Labute approximate surface area is 162 Å². The van der Waals surface area contributed by atoms with E-state index in [1.165, 1.54) is 0 Å². The van der Waals surface area contributed by atoms with Crippen LogP contribution in [0.4, 0.5) is 0 Å². The fourth-order valence-corrected chi connectivity index (χ4v) is 3.24. The SMILES string of the molecule is Cc1oc(CNC(=O)c2cc(-c3ccccc3)n[nH]2)nc1C(=O)N1CCCC1. The predicted octanol–water partition coefficient (Wildman–Crippen LogP) is 2.54. The fourth-order valence-electron chi connectivity index (χ4n) is 3.24. The van der Waals surface area contributed by atoms with E-state index in [4.69, 9.17) is 4.42 Å². The van der Waals surface area contributed by atoms with Gasteiger partial charge in [-0.2, -0.15) is 5.10 Å². The Kier molecular flexibility index (Phi) is 4.92. The zero-order valence-corrected chi connectivity index (χ0v) is 15.6. The van der Waals surface area contributed by atoms with E-state index >= 15 is 0 Å². The van der Waals surface area contributed by atoms with Crippen LogP contribution in [0.1, 0.15) is 45.5 Å². The number of nitrogens with zero attached hydrogens (tertiary/aromatic N) is 3. The van der Waals surface area contributed by atoms with Crippen molar-refractivity contribution in [2.75, 3.05) is 13.1 Å². The Balaban J connectivity index is 1.39. The summed E-state index contributed by atoms with van der Waals surface area (Å²) in [5.41, 5.74) is 2.27. The van der Waals surface area contributed by atoms with Gasteiger partial charge in [0.1, 0.15) is 11.5 Å². The van der Waals surface area contributed by atoms with E-state index in [-0.39, 0.29) is 18.4 Å². The summed E-state index contributed by atoms with van der Waals surface area (Å²) in [5, 5.41) is 9.65. The van der Waals surface area contributed by atoms with Crippen LogP contribution in [-0.2, 0) is 6.54 Å². The molecule has 0 unspecified atom stereocenters. The van der Waals surface area contributed by atoms with E-state index in [1.54, 1.807) is 17.9 Å². The number of hydrogen-bond acceptors (Lipinski definition) is 5. The molecule has 2 aromatic heterocycles. The summed E-state index contributed by atoms with van der Waals surface area (Å²) in [6.07, 6.45) is 2.03. The van der Waals surface area contributed by atoms with Gasteiger partial charge < -0.3 is 14.6 Å². The van der Waals surface area contributed by atoms with Crippen molar-refractivity contribution in [2.24, 2.45) is 0 Å². The van der Waals surface area contributed by atoms with Crippen LogP contribution >= 0.6 is 0 Å². The molecule has 0 spiro atoms. The average molecular weight is 379 g/mol. The van der Waals surface area contributed by atoms with Gasteiger partial charge in [0.25, 0.3) is 11.8 Å². The molecule has 144 valence electrons. The molecule has 3 heterocycles. The van der Waals surface area contributed by atoms with E-state index in [0.29, 0.717) is 28.7 Å². The molecule has 4 rings (SSSR count). The fraction of sp³-hybridized carbons (Fsp3) is 0.300. The number of oxazole rings is 1. The lowest BCUT2D eigenvalue weighted by Crippen LogP contribution is -2.28. The summed E-state index contributed by atoms with van der Waals surface area (Å²) < 4.78 is 5.56. The minimum Gasteiger partial charge on any atom is -0.443 e. The Morgan fingerprint density at radius 3 is 2.71 bits per heavy atom. The van der Waals surface area contributed by atoms with Crippen LogP contribution in [0, 0.1) is 6.92 Å². The lowest BCUT2D eigenvalue weighted by molar-refractivity contribution is 0.0785. The number of carbonyl (C=O) groups is 2. The predicted molar refractivity (Wildman–Crippen MR) is 102 cm³/mol. The molecule has 0 saturated carbocycles. The molecule has 0 bridgehead atoms. The van der Waals surface area contributed by atoms with Crippen molar-refractivity contribution in [2.45, 2.75) is 26.3 Å². The number of aryl methyl sites for hydroxylation is 1. The Bertz CT molecular complexity index is 986. The lowest BCUT2D eigenvalue weighted by atomic mass is 10.1. The van der Waals surface area contributed by atoms with Crippen LogP contribution in [0.5, 0.6) is 0 Å². The standard InChI is InChI=1S/C20H21N5O3/c1-13-18(20(27)25-9-5-6-10-25)22-17(28-13)12-21-19(26)16-11-15(23-24-16)14-7-3-2-4-8-14/h2-4,7-8,11H,5-6,9-10,12H2,1H3,(H,21,26)(H,23,24). The number of amides is 2. The third-order valence-corrected chi connectivity index (χ3v) is 4.73. The van der Waals surface area contributed by atoms with Crippen LogP contribution in [0.15, 0.2) is 40.8 Å². The van der Waals surface area contributed by atoms with Crippen LogP contribution < -0.4 is 5.32 Å². The maximum atomic E-state index is 12.5. The van der Waals surface area contributed by atoms with Crippen LogP contribution in [0.3, 0.4) is 0 Å². The zero-order valence-electron chi connectivity index (χ0n) is 15.6. The van der Waals surface area contributed by atoms with Gasteiger partial charge in [-0.05, 0) is 25.8 Å². The first kappa shape index (κ1) is 18.0. The van der Waals surface area contributed by atoms with Crippen molar-refractivity contribution in [3.05, 3.63) is 59.4 Å². The molecule has 3 aromatic rings. The number of rotatable bonds is 5. The molecule has 28 heavy (non-hydrogen) atoms. The topological polar surface area (TPSA) is 104 Å². The molecule has 0 aliphatic carbocycles. The number of aromatic amines is 1. The molecule has 1 aliphatic rings. The first-order valence-electron chi connectivity index (χ1n) is 9.26. The van der Waals surface area contributed by atoms with Crippen molar-refractivity contribution in [3.63, 3.8) is 0 Å². The summed E-state index contributed by atoms with van der Waals surface area (Å²) in [4.78, 5) is 30.9. The van der Waals surface area contributed by atoms with Crippen molar-refractivity contribution in [1.82, 2.24) is 25.4 Å². The molecule has 1 fully saturated rings. The quantitative estimate of drug-likeness (QED) is 0.709. The molecule has 2 amide bonds. The summed E-state index contributed by atoms with van der Waals surface area (Å²) in [5.74, 6) is 0.334. The zero-order chi connectivity index (χ0) is 19.5. The monoisotopic (exact) mass is 379 g/mol. The molecule has 0 atom stereocenters. The largest absolute Gasteiger partial charge is 0.443 e. The number of carbonyl (C=O) groups excluding carboxylic acids is 2. The Morgan fingerprint density at radius 1 is 1.21 bits per heavy atom.